The van der Waals surface area contributed by atoms with Crippen molar-refractivity contribution in [2.75, 3.05) is 51.3 Å². The van der Waals surface area contributed by atoms with Gasteiger partial charge < -0.3 is 14.5 Å². The van der Waals surface area contributed by atoms with Crippen LogP contribution in [-0.2, 0) is 17.6 Å². The molecule has 0 N–H and O–H groups in total. The van der Waals surface area contributed by atoms with Crippen LogP contribution in [0.2, 0.25) is 0 Å². The monoisotopic (exact) mass is 529 g/mol. The molecule has 1 aliphatic heterocycles. The van der Waals surface area contributed by atoms with Crippen molar-refractivity contribution < 1.29 is 4.74 Å². The third kappa shape index (κ3) is 8.50. The fourth-order valence-corrected chi connectivity index (χ4v) is 4.90. The number of nitrogens with zero attached hydrogens (tertiary/aromatic N) is 3. The van der Waals surface area contributed by atoms with Gasteiger partial charge in [0, 0.05) is 57.6 Å². The van der Waals surface area contributed by atoms with Crippen molar-refractivity contribution in [1.29, 1.82) is 0 Å². The van der Waals surface area contributed by atoms with Crippen LogP contribution in [0.1, 0.15) is 24.5 Å². The van der Waals surface area contributed by atoms with Crippen LogP contribution >= 0.6 is 24.8 Å². The van der Waals surface area contributed by atoms with Gasteiger partial charge in [0.2, 0.25) is 0 Å². The summed E-state index contributed by atoms with van der Waals surface area (Å²) in [7, 11) is 2.15. The molecule has 1 heterocycles. The summed E-state index contributed by atoms with van der Waals surface area (Å²) in [5.74, 6) is 0. The first kappa shape index (κ1) is 30.1. The van der Waals surface area contributed by atoms with Crippen LogP contribution in [0.4, 0.5) is 11.4 Å². The Morgan fingerprint density at radius 3 is 2.08 bits per heavy atom. The first-order chi connectivity index (χ1) is 16.7. The minimum Gasteiger partial charge on any atom is -0.363 e. The van der Waals surface area contributed by atoms with Crippen molar-refractivity contribution in [3.05, 3.63) is 96.1 Å². The van der Waals surface area contributed by atoms with Crippen molar-refractivity contribution in [2.24, 2.45) is 0 Å². The molecule has 0 aromatic heterocycles. The standard InChI is InChI=1S/C30H39N3O.2ClH/c1-3-34-30(25-27-16-10-11-19-29(27)31(2)28-17-8-5-9-18-28)33-23-21-32(22-24-33)20-12-15-26-13-6-4-7-14-26;;/h4-11,13-14,16-19,30H,3,12,15,20-25H2,1-2H3;2*1H. The highest BCUT2D eigenvalue weighted by atomic mass is 35.5. The van der Waals surface area contributed by atoms with E-state index in [0.29, 0.717) is 0 Å². The fraction of sp³-hybridized carbons (Fsp3) is 0.400. The van der Waals surface area contributed by atoms with Crippen LogP contribution in [0.15, 0.2) is 84.9 Å². The molecule has 4 nitrogen and oxygen atoms in total. The van der Waals surface area contributed by atoms with E-state index in [1.54, 1.807) is 0 Å². The lowest BCUT2D eigenvalue weighted by Crippen LogP contribution is -2.52. The molecule has 0 saturated carbocycles. The Morgan fingerprint density at radius 1 is 0.806 bits per heavy atom. The molecule has 6 heteroatoms. The Bertz CT molecular complexity index is 982. The van der Waals surface area contributed by atoms with Crippen LogP contribution in [0.5, 0.6) is 0 Å². The van der Waals surface area contributed by atoms with Crippen LogP contribution < -0.4 is 4.90 Å². The van der Waals surface area contributed by atoms with Gasteiger partial charge in [-0.2, -0.15) is 0 Å². The summed E-state index contributed by atoms with van der Waals surface area (Å²) < 4.78 is 6.29. The zero-order valence-electron chi connectivity index (χ0n) is 21.6. The lowest BCUT2D eigenvalue weighted by atomic mass is 10.1. The lowest BCUT2D eigenvalue weighted by molar-refractivity contribution is -0.0712. The summed E-state index contributed by atoms with van der Waals surface area (Å²) in [6.45, 7) is 8.37. The van der Waals surface area contributed by atoms with Gasteiger partial charge in [-0.3, -0.25) is 4.90 Å². The smallest absolute Gasteiger partial charge is 0.114 e. The molecule has 196 valence electrons. The topological polar surface area (TPSA) is 19.0 Å². The minimum atomic E-state index is 0. The molecule has 1 fully saturated rings. The SMILES string of the molecule is CCOC(Cc1ccccc1N(C)c1ccccc1)N1CCN(CCCc2ccccc2)CC1.Cl.Cl. The van der Waals surface area contributed by atoms with Crippen molar-refractivity contribution >= 4 is 36.2 Å². The Kier molecular flexibility index (Phi) is 13.3. The van der Waals surface area contributed by atoms with Gasteiger partial charge in [0.15, 0.2) is 0 Å². The number of benzene rings is 3. The predicted octanol–water partition coefficient (Wildman–Crippen LogP) is 6.45. The van der Waals surface area contributed by atoms with Gasteiger partial charge in [-0.25, -0.2) is 0 Å². The number of para-hydroxylation sites is 2. The minimum absolute atomic E-state index is 0. The van der Waals surface area contributed by atoms with Gasteiger partial charge >= 0.3 is 0 Å². The molecule has 0 radical (unpaired) electrons. The van der Waals surface area contributed by atoms with Crippen LogP contribution in [-0.4, -0.2) is 62.4 Å². The molecule has 1 saturated heterocycles. The molecule has 3 aromatic carbocycles. The molecule has 0 bridgehead atoms. The molecule has 1 unspecified atom stereocenters. The van der Waals surface area contributed by atoms with Crippen molar-refractivity contribution in [3.8, 4) is 0 Å². The van der Waals surface area contributed by atoms with Gasteiger partial charge in [0.25, 0.3) is 0 Å². The number of hydrogen-bond acceptors (Lipinski definition) is 4. The van der Waals surface area contributed by atoms with E-state index in [0.717, 1.165) is 45.6 Å². The van der Waals surface area contributed by atoms with Gasteiger partial charge in [0.05, 0.1) is 0 Å². The molecule has 3 aromatic rings. The average Bonchev–Trinajstić information content (AvgIpc) is 2.90. The number of halogens is 2. The summed E-state index contributed by atoms with van der Waals surface area (Å²) in [5.41, 5.74) is 5.22. The summed E-state index contributed by atoms with van der Waals surface area (Å²) in [5, 5.41) is 0. The highest BCUT2D eigenvalue weighted by Crippen LogP contribution is 2.28. The predicted molar refractivity (Wildman–Crippen MR) is 157 cm³/mol. The molecular formula is C30H41Cl2N3O. The number of ether oxygens (including phenoxy) is 1. The largest absolute Gasteiger partial charge is 0.363 e. The van der Waals surface area contributed by atoms with E-state index in [-0.39, 0.29) is 31.0 Å². The Morgan fingerprint density at radius 2 is 1.42 bits per heavy atom. The van der Waals surface area contributed by atoms with E-state index in [2.05, 4.69) is 114 Å². The van der Waals surface area contributed by atoms with Crippen molar-refractivity contribution in [2.45, 2.75) is 32.4 Å². The summed E-state index contributed by atoms with van der Waals surface area (Å²) in [6.07, 6.45) is 3.39. The normalized spacial score (nSPS) is 14.9. The Labute approximate surface area is 230 Å². The number of anilines is 2. The summed E-state index contributed by atoms with van der Waals surface area (Å²) in [4.78, 5) is 7.43. The highest BCUT2D eigenvalue weighted by Gasteiger charge is 2.25. The quantitative estimate of drug-likeness (QED) is 0.284. The van der Waals surface area contributed by atoms with Crippen LogP contribution in [0, 0.1) is 0 Å². The van der Waals surface area contributed by atoms with E-state index < -0.39 is 0 Å². The zero-order chi connectivity index (χ0) is 23.6. The maximum absolute atomic E-state index is 6.29. The van der Waals surface area contributed by atoms with E-state index in [1.807, 2.05) is 0 Å². The van der Waals surface area contributed by atoms with Crippen molar-refractivity contribution in [1.82, 2.24) is 9.80 Å². The van der Waals surface area contributed by atoms with Gasteiger partial charge in [0.1, 0.15) is 6.23 Å². The summed E-state index contributed by atoms with van der Waals surface area (Å²) >= 11 is 0. The molecule has 4 rings (SSSR count). The Balaban J connectivity index is 0.00000228. The second-order valence-electron chi connectivity index (χ2n) is 9.10. The van der Waals surface area contributed by atoms with Gasteiger partial charge in [-0.05, 0) is 55.6 Å². The first-order valence-corrected chi connectivity index (χ1v) is 12.7. The van der Waals surface area contributed by atoms with Gasteiger partial charge in [-0.1, -0.05) is 66.7 Å². The molecule has 36 heavy (non-hydrogen) atoms. The second kappa shape index (κ2) is 15.9. The third-order valence-electron chi connectivity index (χ3n) is 6.85. The van der Waals surface area contributed by atoms with E-state index >= 15 is 0 Å². The molecule has 0 amide bonds. The number of aryl methyl sites for hydroxylation is 1. The first-order valence-electron chi connectivity index (χ1n) is 12.7. The van der Waals surface area contributed by atoms with Crippen LogP contribution in [0.3, 0.4) is 0 Å². The van der Waals surface area contributed by atoms with Crippen LogP contribution in [0.25, 0.3) is 0 Å². The lowest BCUT2D eigenvalue weighted by Gasteiger charge is -2.39. The second-order valence-corrected chi connectivity index (χ2v) is 9.10. The average molecular weight is 531 g/mol. The highest BCUT2D eigenvalue weighted by molar-refractivity contribution is 5.85. The number of rotatable bonds is 11. The zero-order valence-corrected chi connectivity index (χ0v) is 23.2. The maximum Gasteiger partial charge on any atom is 0.114 e. The molecular weight excluding hydrogens is 489 g/mol. The fourth-order valence-electron chi connectivity index (χ4n) is 4.90. The van der Waals surface area contributed by atoms with E-state index in [4.69, 9.17) is 4.74 Å². The van der Waals surface area contributed by atoms with Crippen molar-refractivity contribution in [3.63, 3.8) is 0 Å². The van der Waals surface area contributed by atoms with E-state index in [9.17, 15) is 0 Å². The number of hydrogen-bond donors (Lipinski definition) is 0. The molecule has 0 spiro atoms. The van der Waals surface area contributed by atoms with Gasteiger partial charge in [-0.15, -0.1) is 24.8 Å². The molecule has 0 aliphatic carbocycles. The Hall–Kier alpha value is -2.08. The molecule has 1 atom stereocenters. The molecule has 1 aliphatic rings. The maximum atomic E-state index is 6.29. The van der Waals surface area contributed by atoms with E-state index in [1.165, 1.54) is 35.5 Å². The summed E-state index contributed by atoms with van der Waals surface area (Å²) in [6, 6.07) is 30.1. The number of piperazine rings is 1. The third-order valence-corrected chi connectivity index (χ3v) is 6.85.